The number of benzene rings is 1. The van der Waals surface area contributed by atoms with E-state index < -0.39 is 5.82 Å². The molecule has 0 saturated carbocycles. The Bertz CT molecular complexity index is 563. The van der Waals surface area contributed by atoms with Crippen molar-refractivity contribution in [3.8, 4) is 0 Å². The van der Waals surface area contributed by atoms with Gasteiger partial charge in [0.25, 0.3) is 0 Å². The second-order valence-corrected chi connectivity index (χ2v) is 4.96. The molecule has 2 nitrogen and oxygen atoms in total. The van der Waals surface area contributed by atoms with Crippen molar-refractivity contribution in [3.63, 3.8) is 0 Å². The average Bonchev–Trinajstić information content (AvgIpc) is 2.27. The van der Waals surface area contributed by atoms with E-state index in [1.54, 1.807) is 18.2 Å². The Morgan fingerprint density at radius 2 is 1.94 bits per heavy atom. The summed E-state index contributed by atoms with van der Waals surface area (Å²) in [6.45, 7) is 0. The van der Waals surface area contributed by atoms with E-state index in [1.807, 2.05) is 0 Å². The van der Waals surface area contributed by atoms with Gasteiger partial charge in [0.15, 0.2) is 11.6 Å². The summed E-state index contributed by atoms with van der Waals surface area (Å²) in [6.07, 6.45) is 1.37. The first-order valence-electron chi connectivity index (χ1n) is 4.59. The minimum Gasteiger partial charge on any atom is -0.337 e. The molecule has 0 spiro atoms. The number of halogens is 4. The fourth-order valence-electron chi connectivity index (χ4n) is 1.23. The van der Waals surface area contributed by atoms with Crippen LogP contribution in [0.4, 0.5) is 15.9 Å². The molecule has 6 heteroatoms. The molecular weight excluding hydrogens is 330 g/mol. The normalized spacial score (nSPS) is 10.4. The number of aromatic nitrogens is 1. The third-order valence-corrected chi connectivity index (χ3v) is 3.12. The first kappa shape index (κ1) is 12.6. The Morgan fingerprint density at radius 3 is 2.65 bits per heavy atom. The van der Waals surface area contributed by atoms with Crippen molar-refractivity contribution in [2.75, 3.05) is 5.32 Å². The molecule has 2 aromatic rings. The maximum atomic E-state index is 13.5. The number of nitrogens with zero attached hydrogens (tertiary/aromatic N) is 1. The maximum Gasteiger partial charge on any atom is 0.167 e. The van der Waals surface area contributed by atoms with Crippen LogP contribution in [0, 0.1) is 5.82 Å². The number of anilines is 2. The zero-order valence-corrected chi connectivity index (χ0v) is 11.4. The Balaban J connectivity index is 2.34. The molecule has 0 radical (unpaired) electrons. The lowest BCUT2D eigenvalue weighted by Gasteiger charge is -2.09. The molecule has 2 rings (SSSR count). The number of hydrogen-bond donors (Lipinski definition) is 1. The number of pyridine rings is 1. The van der Waals surface area contributed by atoms with Gasteiger partial charge in [0.2, 0.25) is 0 Å². The minimum absolute atomic E-state index is 0.0948. The summed E-state index contributed by atoms with van der Waals surface area (Å²) >= 11 is 14.8. The molecule has 0 atom stereocenters. The van der Waals surface area contributed by atoms with Crippen molar-refractivity contribution < 1.29 is 4.39 Å². The monoisotopic (exact) mass is 334 g/mol. The molecule has 1 aromatic heterocycles. The molecule has 1 N–H and O–H groups in total. The van der Waals surface area contributed by atoms with Crippen LogP contribution in [0.3, 0.4) is 0 Å². The SMILES string of the molecule is Fc1cc(Cl)cnc1Nc1cc(Cl)ccc1Br. The van der Waals surface area contributed by atoms with Crippen molar-refractivity contribution in [1.29, 1.82) is 0 Å². The lowest BCUT2D eigenvalue weighted by Crippen LogP contribution is -1.97. The highest BCUT2D eigenvalue weighted by atomic mass is 79.9. The van der Waals surface area contributed by atoms with Gasteiger partial charge in [0, 0.05) is 15.7 Å². The van der Waals surface area contributed by atoms with Gasteiger partial charge in [-0.05, 0) is 40.2 Å². The van der Waals surface area contributed by atoms with Crippen LogP contribution in [-0.2, 0) is 0 Å². The summed E-state index contributed by atoms with van der Waals surface area (Å²) in [7, 11) is 0. The smallest absolute Gasteiger partial charge is 0.167 e. The van der Waals surface area contributed by atoms with Crippen molar-refractivity contribution >= 4 is 50.6 Å². The molecule has 0 fully saturated rings. The molecule has 0 aliphatic rings. The van der Waals surface area contributed by atoms with E-state index in [9.17, 15) is 4.39 Å². The van der Waals surface area contributed by atoms with E-state index in [-0.39, 0.29) is 10.8 Å². The molecule has 0 amide bonds. The van der Waals surface area contributed by atoms with Crippen molar-refractivity contribution in [1.82, 2.24) is 4.98 Å². The predicted molar refractivity (Wildman–Crippen MR) is 71.6 cm³/mol. The Morgan fingerprint density at radius 1 is 1.18 bits per heavy atom. The van der Waals surface area contributed by atoms with E-state index in [0.717, 1.165) is 4.47 Å². The van der Waals surface area contributed by atoms with Gasteiger partial charge < -0.3 is 5.32 Å². The standard InChI is InChI=1S/C11H6BrCl2FN2/c12-8-2-1-6(13)4-10(8)17-11-9(15)3-7(14)5-16-11/h1-5H,(H,16,17). The Hall–Kier alpha value is -0.840. The van der Waals surface area contributed by atoms with Gasteiger partial charge in [-0.1, -0.05) is 23.2 Å². The first-order chi connectivity index (χ1) is 8.06. The van der Waals surface area contributed by atoms with Gasteiger partial charge in [0.1, 0.15) is 0 Å². The van der Waals surface area contributed by atoms with Crippen LogP contribution < -0.4 is 5.32 Å². The van der Waals surface area contributed by atoms with Crippen molar-refractivity contribution in [2.24, 2.45) is 0 Å². The summed E-state index contributed by atoms with van der Waals surface area (Å²) in [5, 5.41) is 3.63. The summed E-state index contributed by atoms with van der Waals surface area (Å²) in [6, 6.07) is 6.34. The highest BCUT2D eigenvalue weighted by Gasteiger charge is 2.07. The van der Waals surface area contributed by atoms with Gasteiger partial charge >= 0.3 is 0 Å². The van der Waals surface area contributed by atoms with E-state index in [1.165, 1.54) is 12.3 Å². The number of nitrogens with one attached hydrogen (secondary N) is 1. The third kappa shape index (κ3) is 3.09. The van der Waals surface area contributed by atoms with Gasteiger partial charge in [-0.25, -0.2) is 9.37 Å². The van der Waals surface area contributed by atoms with Gasteiger partial charge in [-0.15, -0.1) is 0 Å². The molecule has 88 valence electrons. The predicted octanol–water partition coefficient (Wildman–Crippen LogP) is 5.03. The van der Waals surface area contributed by atoms with Crippen LogP contribution >= 0.6 is 39.1 Å². The molecular formula is C11H6BrCl2FN2. The zero-order chi connectivity index (χ0) is 12.4. The van der Waals surface area contributed by atoms with Crippen LogP contribution in [-0.4, -0.2) is 4.98 Å². The lowest BCUT2D eigenvalue weighted by molar-refractivity contribution is 0.626. The van der Waals surface area contributed by atoms with Gasteiger partial charge in [-0.2, -0.15) is 0 Å². The van der Waals surface area contributed by atoms with Crippen LogP contribution in [0.5, 0.6) is 0 Å². The summed E-state index contributed by atoms with van der Waals surface area (Å²) in [5.74, 6) is -0.429. The van der Waals surface area contributed by atoms with E-state index in [0.29, 0.717) is 10.7 Å². The molecule has 1 aromatic carbocycles. The molecule has 0 saturated heterocycles. The van der Waals surface area contributed by atoms with Crippen LogP contribution in [0.15, 0.2) is 34.9 Å². The van der Waals surface area contributed by atoms with Crippen molar-refractivity contribution in [3.05, 3.63) is 50.8 Å². The van der Waals surface area contributed by atoms with Crippen LogP contribution in [0.1, 0.15) is 0 Å². The summed E-state index contributed by atoms with van der Waals surface area (Å²) in [4.78, 5) is 3.86. The van der Waals surface area contributed by atoms with Gasteiger partial charge in [-0.3, -0.25) is 0 Å². The highest BCUT2D eigenvalue weighted by molar-refractivity contribution is 9.10. The molecule has 0 aliphatic heterocycles. The van der Waals surface area contributed by atoms with E-state index in [2.05, 4.69) is 26.2 Å². The maximum absolute atomic E-state index is 13.5. The second-order valence-electron chi connectivity index (χ2n) is 3.23. The van der Waals surface area contributed by atoms with Crippen LogP contribution in [0.2, 0.25) is 10.0 Å². The van der Waals surface area contributed by atoms with Crippen molar-refractivity contribution in [2.45, 2.75) is 0 Å². The zero-order valence-electron chi connectivity index (χ0n) is 8.35. The third-order valence-electron chi connectivity index (χ3n) is 1.99. The average molecular weight is 336 g/mol. The Kier molecular flexibility index (Phi) is 3.86. The molecule has 0 aliphatic carbocycles. The van der Waals surface area contributed by atoms with E-state index >= 15 is 0 Å². The largest absolute Gasteiger partial charge is 0.337 e. The Labute approximate surface area is 116 Å². The second kappa shape index (κ2) is 5.21. The van der Waals surface area contributed by atoms with E-state index in [4.69, 9.17) is 23.2 Å². The quantitative estimate of drug-likeness (QED) is 0.832. The number of hydrogen-bond acceptors (Lipinski definition) is 2. The topological polar surface area (TPSA) is 24.9 Å². The highest BCUT2D eigenvalue weighted by Crippen LogP contribution is 2.29. The van der Waals surface area contributed by atoms with Crippen LogP contribution in [0.25, 0.3) is 0 Å². The lowest BCUT2D eigenvalue weighted by atomic mass is 10.3. The summed E-state index contributed by atoms with van der Waals surface area (Å²) in [5.41, 5.74) is 0.631. The molecule has 0 unspecified atom stereocenters. The summed E-state index contributed by atoms with van der Waals surface area (Å²) < 4.78 is 14.3. The first-order valence-corrected chi connectivity index (χ1v) is 6.14. The fourth-order valence-corrected chi connectivity index (χ4v) is 1.89. The molecule has 0 bridgehead atoms. The fraction of sp³-hybridized carbons (Fsp3) is 0. The molecule has 17 heavy (non-hydrogen) atoms. The minimum atomic E-state index is -0.524. The van der Waals surface area contributed by atoms with Gasteiger partial charge in [0.05, 0.1) is 10.7 Å². The number of rotatable bonds is 2. The molecule has 1 heterocycles.